The molecule has 2 aromatic carbocycles. The number of fused-ring (bicyclic) bond motifs is 1. The molecule has 5 nitrogen and oxygen atoms in total. The van der Waals surface area contributed by atoms with Gasteiger partial charge in [-0.25, -0.2) is 0 Å². The second-order valence-corrected chi connectivity index (χ2v) is 7.97. The van der Waals surface area contributed by atoms with Crippen LogP contribution in [0.3, 0.4) is 0 Å². The first-order valence-corrected chi connectivity index (χ1v) is 10.4. The molecule has 1 saturated heterocycles. The smallest absolute Gasteiger partial charge is 0.229 e. The number of hydrogen-bond acceptors (Lipinski definition) is 2. The van der Waals surface area contributed by atoms with Gasteiger partial charge in [-0.2, -0.15) is 0 Å². The zero-order valence-electron chi connectivity index (χ0n) is 16.2. The molecule has 0 saturated carbocycles. The molecule has 0 unspecified atom stereocenters. The van der Waals surface area contributed by atoms with Crippen molar-refractivity contribution in [2.45, 2.75) is 25.7 Å². The molecule has 1 aliphatic rings. The molecule has 0 aliphatic carbocycles. The molecule has 0 radical (unpaired) electrons. The third-order valence-electron chi connectivity index (χ3n) is 5.52. The summed E-state index contributed by atoms with van der Waals surface area (Å²) in [5.74, 6) is -0.142. The Balaban J connectivity index is 1.34. The van der Waals surface area contributed by atoms with Crippen LogP contribution in [0.25, 0.3) is 10.9 Å². The van der Waals surface area contributed by atoms with Crippen LogP contribution in [0, 0.1) is 5.92 Å². The molecule has 2 N–H and O–H groups in total. The Morgan fingerprint density at radius 1 is 1.17 bits per heavy atom. The molecule has 2 heterocycles. The van der Waals surface area contributed by atoms with Gasteiger partial charge in [0.25, 0.3) is 0 Å². The van der Waals surface area contributed by atoms with Crippen molar-refractivity contribution in [2.75, 3.05) is 18.4 Å². The first kappa shape index (κ1) is 19.5. The predicted molar refractivity (Wildman–Crippen MR) is 116 cm³/mol. The molecule has 2 amide bonds. The Kier molecular flexibility index (Phi) is 5.86. The Hall–Kier alpha value is -2.79. The summed E-state index contributed by atoms with van der Waals surface area (Å²) in [7, 11) is 0. The number of hydrogen-bond donors (Lipinski definition) is 2. The van der Waals surface area contributed by atoms with E-state index in [0.29, 0.717) is 36.6 Å². The first-order valence-electron chi connectivity index (χ1n) is 9.99. The second kappa shape index (κ2) is 8.70. The SMILES string of the molecule is O=C(Nc1cccc(Cl)c1)[C@@H]1CCCN(C(=O)CCc2c[nH]c3ccccc23)C1. The van der Waals surface area contributed by atoms with Crippen LogP contribution in [0.2, 0.25) is 5.02 Å². The maximum absolute atomic E-state index is 12.8. The van der Waals surface area contributed by atoms with Crippen molar-refractivity contribution in [1.82, 2.24) is 9.88 Å². The van der Waals surface area contributed by atoms with E-state index < -0.39 is 0 Å². The highest BCUT2D eigenvalue weighted by molar-refractivity contribution is 6.30. The van der Waals surface area contributed by atoms with E-state index in [9.17, 15) is 9.59 Å². The van der Waals surface area contributed by atoms with E-state index in [1.165, 1.54) is 0 Å². The van der Waals surface area contributed by atoms with Gasteiger partial charge < -0.3 is 15.2 Å². The number of anilines is 1. The number of aryl methyl sites for hydroxylation is 1. The third-order valence-corrected chi connectivity index (χ3v) is 5.76. The van der Waals surface area contributed by atoms with Crippen LogP contribution in [0.4, 0.5) is 5.69 Å². The zero-order chi connectivity index (χ0) is 20.2. The van der Waals surface area contributed by atoms with Crippen molar-refractivity contribution in [1.29, 1.82) is 0 Å². The van der Waals surface area contributed by atoms with E-state index in [4.69, 9.17) is 11.6 Å². The normalized spacial score (nSPS) is 16.7. The van der Waals surface area contributed by atoms with Gasteiger partial charge in [0.05, 0.1) is 5.92 Å². The van der Waals surface area contributed by atoms with E-state index in [2.05, 4.69) is 16.4 Å². The number of carbonyl (C=O) groups is 2. The van der Waals surface area contributed by atoms with Crippen LogP contribution in [0.15, 0.2) is 54.7 Å². The number of carbonyl (C=O) groups excluding carboxylic acids is 2. The minimum atomic E-state index is -0.195. The Labute approximate surface area is 175 Å². The number of halogens is 1. The highest BCUT2D eigenvalue weighted by atomic mass is 35.5. The fourth-order valence-electron chi connectivity index (χ4n) is 3.97. The average Bonchev–Trinajstić information content (AvgIpc) is 3.15. The molecule has 6 heteroatoms. The average molecular weight is 410 g/mol. The summed E-state index contributed by atoms with van der Waals surface area (Å²) in [5, 5.41) is 4.67. The summed E-state index contributed by atoms with van der Waals surface area (Å²) in [4.78, 5) is 30.5. The fourth-order valence-corrected chi connectivity index (χ4v) is 4.16. The van der Waals surface area contributed by atoms with E-state index >= 15 is 0 Å². The van der Waals surface area contributed by atoms with Gasteiger partial charge in [0.1, 0.15) is 0 Å². The first-order chi connectivity index (χ1) is 14.1. The summed E-state index contributed by atoms with van der Waals surface area (Å²) in [6.07, 6.45) is 4.75. The van der Waals surface area contributed by atoms with Crippen LogP contribution >= 0.6 is 11.6 Å². The van der Waals surface area contributed by atoms with Crippen LogP contribution in [0.5, 0.6) is 0 Å². The summed E-state index contributed by atoms with van der Waals surface area (Å²) in [6, 6.07) is 15.2. The van der Waals surface area contributed by atoms with E-state index in [1.807, 2.05) is 35.4 Å². The van der Waals surface area contributed by atoms with Crippen LogP contribution in [-0.4, -0.2) is 34.8 Å². The third kappa shape index (κ3) is 4.62. The highest BCUT2D eigenvalue weighted by Crippen LogP contribution is 2.23. The van der Waals surface area contributed by atoms with Crippen molar-refractivity contribution in [3.05, 3.63) is 65.3 Å². The number of aromatic nitrogens is 1. The van der Waals surface area contributed by atoms with Gasteiger partial charge >= 0.3 is 0 Å². The van der Waals surface area contributed by atoms with E-state index in [-0.39, 0.29) is 17.7 Å². The Morgan fingerprint density at radius 3 is 2.90 bits per heavy atom. The molecule has 1 atom stereocenters. The zero-order valence-corrected chi connectivity index (χ0v) is 16.9. The van der Waals surface area contributed by atoms with Gasteiger partial charge in [-0.1, -0.05) is 35.9 Å². The predicted octanol–water partition coefficient (Wildman–Crippen LogP) is 4.63. The lowest BCUT2D eigenvalue weighted by atomic mass is 9.96. The number of likely N-dealkylation sites (tertiary alicyclic amines) is 1. The maximum Gasteiger partial charge on any atom is 0.229 e. The van der Waals surface area contributed by atoms with Crippen molar-refractivity contribution >= 4 is 40.0 Å². The summed E-state index contributed by atoms with van der Waals surface area (Å²) < 4.78 is 0. The monoisotopic (exact) mass is 409 g/mol. The number of H-pyrrole nitrogens is 1. The van der Waals surface area contributed by atoms with Crippen molar-refractivity contribution in [2.24, 2.45) is 5.92 Å². The van der Waals surface area contributed by atoms with Crippen molar-refractivity contribution in [3.63, 3.8) is 0 Å². The standard InChI is InChI=1S/C23H24ClN3O2/c24-18-6-3-7-19(13-18)26-23(29)17-5-4-12-27(15-17)22(28)11-10-16-14-25-21-9-2-1-8-20(16)21/h1-3,6-9,13-14,17,25H,4-5,10-12,15H2,(H,26,29)/t17-/m1/s1. The van der Waals surface area contributed by atoms with Crippen molar-refractivity contribution in [3.8, 4) is 0 Å². The lowest BCUT2D eigenvalue weighted by Crippen LogP contribution is -2.43. The minimum Gasteiger partial charge on any atom is -0.361 e. The molecule has 0 spiro atoms. The van der Waals surface area contributed by atoms with Gasteiger partial charge in [0.15, 0.2) is 0 Å². The molecule has 3 aromatic rings. The number of benzene rings is 2. The highest BCUT2D eigenvalue weighted by Gasteiger charge is 2.28. The van der Waals surface area contributed by atoms with Gasteiger partial charge in [-0.15, -0.1) is 0 Å². The van der Waals surface area contributed by atoms with Gasteiger partial charge in [-0.05, 0) is 49.1 Å². The quantitative estimate of drug-likeness (QED) is 0.645. The summed E-state index contributed by atoms with van der Waals surface area (Å²) in [5.41, 5.74) is 2.93. The largest absolute Gasteiger partial charge is 0.361 e. The summed E-state index contributed by atoms with van der Waals surface area (Å²) >= 11 is 5.99. The van der Waals surface area contributed by atoms with Crippen LogP contribution in [-0.2, 0) is 16.0 Å². The minimum absolute atomic E-state index is 0.0543. The number of aromatic amines is 1. The molecule has 4 rings (SSSR count). The molecule has 1 aromatic heterocycles. The van der Waals surface area contributed by atoms with Crippen molar-refractivity contribution < 1.29 is 9.59 Å². The Bertz CT molecular complexity index is 1030. The summed E-state index contributed by atoms with van der Waals surface area (Å²) in [6.45, 7) is 1.19. The maximum atomic E-state index is 12.8. The number of nitrogens with one attached hydrogen (secondary N) is 2. The second-order valence-electron chi connectivity index (χ2n) is 7.54. The van der Waals surface area contributed by atoms with Crippen LogP contribution < -0.4 is 5.32 Å². The number of piperidine rings is 1. The molecule has 150 valence electrons. The molecule has 1 fully saturated rings. The van der Waals surface area contributed by atoms with Gasteiger partial charge in [0.2, 0.25) is 11.8 Å². The van der Waals surface area contributed by atoms with E-state index in [0.717, 1.165) is 29.3 Å². The molecule has 1 aliphatic heterocycles. The molecule has 29 heavy (non-hydrogen) atoms. The molecular formula is C23H24ClN3O2. The topological polar surface area (TPSA) is 65.2 Å². The van der Waals surface area contributed by atoms with Gasteiger partial charge in [0, 0.05) is 47.3 Å². The molecular weight excluding hydrogens is 386 g/mol. The number of nitrogens with zero attached hydrogens (tertiary/aromatic N) is 1. The number of amides is 2. The van der Waals surface area contributed by atoms with Crippen LogP contribution in [0.1, 0.15) is 24.8 Å². The fraction of sp³-hybridized carbons (Fsp3) is 0.304. The Morgan fingerprint density at radius 2 is 2.03 bits per heavy atom. The molecule has 0 bridgehead atoms. The lowest BCUT2D eigenvalue weighted by molar-refractivity contribution is -0.134. The number of para-hydroxylation sites is 1. The lowest BCUT2D eigenvalue weighted by Gasteiger charge is -2.32. The number of rotatable bonds is 5. The van der Waals surface area contributed by atoms with E-state index in [1.54, 1.807) is 18.2 Å². The van der Waals surface area contributed by atoms with Gasteiger partial charge in [-0.3, -0.25) is 9.59 Å².